The van der Waals surface area contributed by atoms with Crippen molar-refractivity contribution >= 4 is 33.2 Å². The number of nitrogens with zero attached hydrogens (tertiary/aromatic N) is 1. The Labute approximate surface area is 107 Å². The number of alkyl halides is 1. The molecule has 0 aromatic heterocycles. The fraction of sp³-hybridized carbons (Fsp3) is 0.417. The average molecular weight is 299 g/mol. The summed E-state index contributed by atoms with van der Waals surface area (Å²) >= 11 is 3.38. The number of anilines is 2. The lowest BCUT2D eigenvalue weighted by Crippen LogP contribution is -2.53. The Bertz CT molecular complexity index is 480. The molecule has 90 valence electrons. The lowest BCUT2D eigenvalue weighted by Gasteiger charge is -2.42. The Balaban J connectivity index is 2.02. The standard InChI is InChI=1S/C12H12BrFN2O/c13-7-1-2-10-9(5-7)15-12(17)11-6-8(14)3-4-16(10)11/h1-2,5,8,11H,3-4,6H2,(H,15,17)/t8?,11-/m0/s1. The highest BCUT2D eigenvalue weighted by Gasteiger charge is 2.37. The normalized spacial score (nSPS) is 27.2. The van der Waals surface area contributed by atoms with E-state index >= 15 is 0 Å². The van der Waals surface area contributed by atoms with Gasteiger partial charge in [0.1, 0.15) is 12.2 Å². The Kier molecular flexibility index (Phi) is 2.58. The third-order valence-electron chi connectivity index (χ3n) is 3.37. The second kappa shape index (κ2) is 3.98. The van der Waals surface area contributed by atoms with Gasteiger partial charge in [-0.2, -0.15) is 0 Å². The summed E-state index contributed by atoms with van der Waals surface area (Å²) in [4.78, 5) is 13.9. The van der Waals surface area contributed by atoms with Gasteiger partial charge in [0, 0.05) is 17.4 Å². The second-order valence-electron chi connectivity index (χ2n) is 4.48. The predicted molar refractivity (Wildman–Crippen MR) is 68.0 cm³/mol. The maximum absolute atomic E-state index is 13.4. The number of benzene rings is 1. The lowest BCUT2D eigenvalue weighted by atomic mass is 9.96. The molecule has 0 aliphatic carbocycles. The van der Waals surface area contributed by atoms with Gasteiger partial charge in [-0.05, 0) is 24.6 Å². The van der Waals surface area contributed by atoms with E-state index in [1.54, 1.807) is 0 Å². The Morgan fingerprint density at radius 2 is 2.29 bits per heavy atom. The average Bonchev–Trinajstić information content (AvgIpc) is 2.29. The van der Waals surface area contributed by atoms with Gasteiger partial charge in [0.05, 0.1) is 11.4 Å². The molecule has 0 spiro atoms. The summed E-state index contributed by atoms with van der Waals surface area (Å²) in [5.41, 5.74) is 1.79. The molecule has 3 rings (SSSR count). The van der Waals surface area contributed by atoms with E-state index < -0.39 is 6.17 Å². The van der Waals surface area contributed by atoms with Gasteiger partial charge in [-0.25, -0.2) is 4.39 Å². The molecule has 5 heteroatoms. The summed E-state index contributed by atoms with van der Waals surface area (Å²) in [7, 11) is 0. The number of rotatable bonds is 0. The van der Waals surface area contributed by atoms with E-state index in [0.29, 0.717) is 19.4 Å². The molecule has 1 unspecified atom stereocenters. The molecule has 2 heterocycles. The number of amides is 1. The summed E-state index contributed by atoms with van der Waals surface area (Å²) in [6.07, 6.45) is -0.0698. The maximum Gasteiger partial charge on any atom is 0.247 e. The molecule has 1 amide bonds. The number of fused-ring (bicyclic) bond motifs is 3. The molecule has 1 aromatic carbocycles. The number of piperidine rings is 1. The summed E-state index contributed by atoms with van der Waals surface area (Å²) in [6, 6.07) is 5.43. The topological polar surface area (TPSA) is 32.3 Å². The number of nitrogens with one attached hydrogen (secondary N) is 1. The van der Waals surface area contributed by atoms with Crippen molar-refractivity contribution < 1.29 is 9.18 Å². The highest BCUT2D eigenvalue weighted by molar-refractivity contribution is 9.10. The third kappa shape index (κ3) is 1.82. The molecule has 0 radical (unpaired) electrons. The van der Waals surface area contributed by atoms with E-state index in [4.69, 9.17) is 0 Å². The molecule has 3 nitrogen and oxygen atoms in total. The van der Waals surface area contributed by atoms with Gasteiger partial charge in [-0.3, -0.25) is 4.79 Å². The van der Waals surface area contributed by atoms with Crippen LogP contribution >= 0.6 is 15.9 Å². The molecule has 2 atom stereocenters. The van der Waals surface area contributed by atoms with E-state index in [2.05, 4.69) is 21.2 Å². The molecule has 0 saturated carbocycles. The van der Waals surface area contributed by atoms with Crippen LogP contribution in [0.1, 0.15) is 12.8 Å². The van der Waals surface area contributed by atoms with Gasteiger partial charge in [-0.15, -0.1) is 0 Å². The third-order valence-corrected chi connectivity index (χ3v) is 3.86. The van der Waals surface area contributed by atoms with Crippen LogP contribution < -0.4 is 10.2 Å². The van der Waals surface area contributed by atoms with Crippen molar-refractivity contribution in [3.8, 4) is 0 Å². The molecule has 2 aliphatic rings. The first-order valence-corrected chi connectivity index (χ1v) is 6.45. The quantitative estimate of drug-likeness (QED) is 0.799. The molecular formula is C12H12BrFN2O. The zero-order chi connectivity index (χ0) is 12.0. The summed E-state index contributed by atoms with van der Waals surface area (Å²) < 4.78 is 14.3. The van der Waals surface area contributed by atoms with Crippen LogP contribution in [0.2, 0.25) is 0 Å². The fourth-order valence-electron chi connectivity index (χ4n) is 2.53. The Morgan fingerprint density at radius 1 is 1.47 bits per heavy atom. The summed E-state index contributed by atoms with van der Waals surface area (Å²) in [5, 5.41) is 2.84. The highest BCUT2D eigenvalue weighted by atomic mass is 79.9. The van der Waals surface area contributed by atoms with Crippen LogP contribution in [0.5, 0.6) is 0 Å². The van der Waals surface area contributed by atoms with E-state index in [9.17, 15) is 9.18 Å². The van der Waals surface area contributed by atoms with Gasteiger partial charge in [0.2, 0.25) is 5.91 Å². The molecule has 2 aliphatic heterocycles. The minimum atomic E-state index is -0.862. The Hall–Kier alpha value is -1.10. The first kappa shape index (κ1) is 11.0. The first-order valence-electron chi connectivity index (χ1n) is 5.66. The Morgan fingerprint density at radius 3 is 3.12 bits per heavy atom. The van der Waals surface area contributed by atoms with Gasteiger partial charge in [0.15, 0.2) is 0 Å². The molecule has 1 fully saturated rings. The second-order valence-corrected chi connectivity index (χ2v) is 5.40. The minimum Gasteiger partial charge on any atom is -0.358 e. The minimum absolute atomic E-state index is 0.0991. The van der Waals surface area contributed by atoms with Crippen LogP contribution in [0.3, 0.4) is 0 Å². The van der Waals surface area contributed by atoms with E-state index in [1.807, 2.05) is 23.1 Å². The van der Waals surface area contributed by atoms with Gasteiger partial charge >= 0.3 is 0 Å². The molecular weight excluding hydrogens is 287 g/mol. The molecule has 17 heavy (non-hydrogen) atoms. The maximum atomic E-state index is 13.4. The van der Waals surface area contributed by atoms with Crippen LogP contribution in [-0.4, -0.2) is 24.7 Å². The van der Waals surface area contributed by atoms with Crippen molar-refractivity contribution in [2.45, 2.75) is 25.1 Å². The molecule has 1 aromatic rings. The fourth-order valence-corrected chi connectivity index (χ4v) is 2.90. The van der Waals surface area contributed by atoms with Gasteiger partial charge in [-0.1, -0.05) is 15.9 Å². The zero-order valence-corrected chi connectivity index (χ0v) is 10.7. The van der Waals surface area contributed by atoms with Crippen LogP contribution in [0, 0.1) is 0 Å². The smallest absolute Gasteiger partial charge is 0.247 e. The number of hydrogen-bond acceptors (Lipinski definition) is 2. The van der Waals surface area contributed by atoms with Crippen molar-refractivity contribution in [3.63, 3.8) is 0 Å². The van der Waals surface area contributed by atoms with E-state index in [-0.39, 0.29) is 11.9 Å². The SMILES string of the molecule is O=C1Nc2cc(Br)ccc2N2CCC(F)C[C@@H]12. The van der Waals surface area contributed by atoms with Crippen molar-refractivity contribution in [1.29, 1.82) is 0 Å². The number of halogens is 2. The summed E-state index contributed by atoms with van der Waals surface area (Å²) in [5.74, 6) is -0.0991. The molecule has 1 saturated heterocycles. The summed E-state index contributed by atoms with van der Waals surface area (Å²) in [6.45, 7) is 0.605. The number of hydrogen-bond donors (Lipinski definition) is 1. The van der Waals surface area contributed by atoms with Crippen molar-refractivity contribution in [1.82, 2.24) is 0 Å². The monoisotopic (exact) mass is 298 g/mol. The van der Waals surface area contributed by atoms with Crippen LogP contribution in [-0.2, 0) is 4.79 Å². The predicted octanol–water partition coefficient (Wildman–Crippen LogP) is 2.71. The van der Waals surface area contributed by atoms with E-state index in [1.165, 1.54) is 0 Å². The number of carbonyl (C=O) groups excluding carboxylic acids is 1. The van der Waals surface area contributed by atoms with Crippen LogP contribution in [0.25, 0.3) is 0 Å². The molecule has 0 bridgehead atoms. The first-order chi connectivity index (χ1) is 8.15. The van der Waals surface area contributed by atoms with Crippen molar-refractivity contribution in [2.24, 2.45) is 0 Å². The van der Waals surface area contributed by atoms with Crippen molar-refractivity contribution in [2.75, 3.05) is 16.8 Å². The zero-order valence-electron chi connectivity index (χ0n) is 9.12. The van der Waals surface area contributed by atoms with E-state index in [0.717, 1.165) is 15.8 Å². The van der Waals surface area contributed by atoms with Crippen LogP contribution in [0.15, 0.2) is 22.7 Å². The van der Waals surface area contributed by atoms with Crippen LogP contribution in [0.4, 0.5) is 15.8 Å². The van der Waals surface area contributed by atoms with Crippen molar-refractivity contribution in [3.05, 3.63) is 22.7 Å². The number of carbonyl (C=O) groups is 1. The largest absolute Gasteiger partial charge is 0.358 e. The lowest BCUT2D eigenvalue weighted by molar-refractivity contribution is -0.118. The molecule has 1 N–H and O–H groups in total. The van der Waals surface area contributed by atoms with Gasteiger partial charge < -0.3 is 10.2 Å². The van der Waals surface area contributed by atoms with Gasteiger partial charge in [0.25, 0.3) is 0 Å². The highest BCUT2D eigenvalue weighted by Crippen LogP contribution is 2.37.